The molecular weight excluding hydrogens is 236 g/mol. The predicted octanol–water partition coefficient (Wildman–Crippen LogP) is 1.96. The van der Waals surface area contributed by atoms with Gasteiger partial charge in [-0.1, -0.05) is 26.2 Å². The van der Waals surface area contributed by atoms with Crippen molar-refractivity contribution in [1.82, 2.24) is 10.6 Å². The lowest BCUT2D eigenvalue weighted by Gasteiger charge is -2.32. The number of rotatable bonds is 4. The molecule has 0 radical (unpaired) electrons. The van der Waals surface area contributed by atoms with Crippen LogP contribution in [-0.2, 0) is 4.79 Å². The summed E-state index contributed by atoms with van der Waals surface area (Å²) >= 11 is 0. The third-order valence-electron chi connectivity index (χ3n) is 4.22. The number of carbonyl (C=O) groups is 1. The lowest BCUT2D eigenvalue weighted by Crippen LogP contribution is -2.50. The van der Waals surface area contributed by atoms with E-state index in [1.54, 1.807) is 0 Å². The number of amides is 1. The summed E-state index contributed by atoms with van der Waals surface area (Å²) in [6, 6.07) is 0. The van der Waals surface area contributed by atoms with Crippen LogP contribution in [0.25, 0.3) is 0 Å². The van der Waals surface area contributed by atoms with Crippen LogP contribution < -0.4 is 10.6 Å². The first kappa shape index (κ1) is 14.8. The molecule has 0 aromatic rings. The van der Waals surface area contributed by atoms with Gasteiger partial charge in [-0.15, -0.1) is 12.4 Å². The first-order chi connectivity index (χ1) is 7.77. The first-order valence-electron chi connectivity index (χ1n) is 6.76. The minimum atomic E-state index is 0. The average molecular weight is 261 g/mol. The van der Waals surface area contributed by atoms with E-state index in [2.05, 4.69) is 17.6 Å². The molecule has 2 fully saturated rings. The Morgan fingerprint density at radius 3 is 2.47 bits per heavy atom. The summed E-state index contributed by atoms with van der Waals surface area (Å²) in [6.45, 7) is 4.99. The van der Waals surface area contributed by atoms with Crippen molar-refractivity contribution in [2.75, 3.05) is 19.6 Å². The minimum Gasteiger partial charge on any atom is -0.356 e. The second kappa shape index (κ2) is 7.22. The maximum absolute atomic E-state index is 11.9. The van der Waals surface area contributed by atoms with Crippen molar-refractivity contribution >= 4 is 18.3 Å². The molecule has 17 heavy (non-hydrogen) atoms. The van der Waals surface area contributed by atoms with Crippen LogP contribution in [0.1, 0.15) is 39.0 Å². The van der Waals surface area contributed by atoms with Gasteiger partial charge in [0.2, 0.25) is 5.91 Å². The summed E-state index contributed by atoms with van der Waals surface area (Å²) in [6.07, 6.45) is 6.69. The molecule has 0 spiro atoms. The third-order valence-corrected chi connectivity index (χ3v) is 4.22. The van der Waals surface area contributed by atoms with Gasteiger partial charge in [0.25, 0.3) is 0 Å². The highest BCUT2D eigenvalue weighted by molar-refractivity contribution is 5.85. The molecule has 2 aliphatic rings. The summed E-state index contributed by atoms with van der Waals surface area (Å²) in [5.41, 5.74) is 0. The van der Waals surface area contributed by atoms with Crippen LogP contribution in [-0.4, -0.2) is 25.5 Å². The Bertz CT molecular complexity index is 238. The van der Waals surface area contributed by atoms with Gasteiger partial charge < -0.3 is 10.6 Å². The van der Waals surface area contributed by atoms with E-state index in [9.17, 15) is 4.79 Å². The first-order valence-corrected chi connectivity index (χ1v) is 6.76. The Morgan fingerprint density at radius 2 is 1.94 bits per heavy atom. The number of hydrogen-bond donors (Lipinski definition) is 2. The van der Waals surface area contributed by atoms with E-state index in [1.165, 1.54) is 32.1 Å². The van der Waals surface area contributed by atoms with Crippen molar-refractivity contribution in [3.63, 3.8) is 0 Å². The molecule has 4 heteroatoms. The molecule has 1 saturated heterocycles. The number of carbonyl (C=O) groups excluding carboxylic acids is 1. The zero-order chi connectivity index (χ0) is 11.4. The van der Waals surface area contributed by atoms with Crippen LogP contribution in [0.15, 0.2) is 0 Å². The monoisotopic (exact) mass is 260 g/mol. The van der Waals surface area contributed by atoms with Crippen molar-refractivity contribution in [3.8, 4) is 0 Å². The smallest absolute Gasteiger partial charge is 0.223 e. The molecule has 2 rings (SSSR count). The lowest BCUT2D eigenvalue weighted by molar-refractivity contribution is -0.126. The Morgan fingerprint density at radius 1 is 1.29 bits per heavy atom. The fraction of sp³-hybridized carbons (Fsp3) is 0.923. The third kappa shape index (κ3) is 4.14. The Hall–Kier alpha value is -0.280. The quantitative estimate of drug-likeness (QED) is 0.811. The van der Waals surface area contributed by atoms with E-state index in [4.69, 9.17) is 0 Å². The van der Waals surface area contributed by atoms with E-state index < -0.39 is 0 Å². The Balaban J connectivity index is 0.00000144. The van der Waals surface area contributed by atoms with Gasteiger partial charge in [0.05, 0.1) is 0 Å². The highest BCUT2D eigenvalue weighted by Gasteiger charge is 2.28. The molecule has 1 aliphatic carbocycles. The maximum Gasteiger partial charge on any atom is 0.223 e. The van der Waals surface area contributed by atoms with Crippen LogP contribution in [0.2, 0.25) is 0 Å². The van der Waals surface area contributed by atoms with E-state index in [1.807, 2.05) is 0 Å². The van der Waals surface area contributed by atoms with Crippen LogP contribution in [0, 0.1) is 17.8 Å². The van der Waals surface area contributed by atoms with E-state index in [0.29, 0.717) is 5.92 Å². The zero-order valence-electron chi connectivity index (χ0n) is 10.7. The van der Waals surface area contributed by atoms with Gasteiger partial charge >= 0.3 is 0 Å². The standard InChI is InChI=1S/C13H24N2O.ClH/c1-10(12-8-14-9-12)13(16)15-7-11-5-3-2-4-6-11;/h10-12,14H,2-9H2,1H3,(H,15,16);1H. The van der Waals surface area contributed by atoms with Gasteiger partial charge in [0.15, 0.2) is 0 Å². The number of halogens is 1. The second-order valence-corrected chi connectivity index (χ2v) is 5.46. The average Bonchev–Trinajstić information content (AvgIpc) is 2.25. The maximum atomic E-state index is 11.9. The molecule has 1 atom stereocenters. The topological polar surface area (TPSA) is 41.1 Å². The van der Waals surface area contributed by atoms with Gasteiger partial charge in [-0.25, -0.2) is 0 Å². The second-order valence-electron chi connectivity index (χ2n) is 5.46. The van der Waals surface area contributed by atoms with E-state index >= 15 is 0 Å². The molecule has 100 valence electrons. The van der Waals surface area contributed by atoms with Gasteiger partial charge in [-0.3, -0.25) is 4.79 Å². The fourth-order valence-corrected chi connectivity index (χ4v) is 2.68. The van der Waals surface area contributed by atoms with Crippen molar-refractivity contribution in [2.45, 2.75) is 39.0 Å². The summed E-state index contributed by atoms with van der Waals surface area (Å²) in [7, 11) is 0. The summed E-state index contributed by atoms with van der Waals surface area (Å²) in [5.74, 6) is 1.75. The van der Waals surface area contributed by atoms with Gasteiger partial charge in [0.1, 0.15) is 0 Å². The van der Waals surface area contributed by atoms with Crippen molar-refractivity contribution in [3.05, 3.63) is 0 Å². The molecule has 1 unspecified atom stereocenters. The van der Waals surface area contributed by atoms with Crippen LogP contribution in [0.3, 0.4) is 0 Å². The molecule has 0 bridgehead atoms. The Kier molecular flexibility index (Phi) is 6.28. The van der Waals surface area contributed by atoms with Gasteiger partial charge in [-0.05, 0) is 37.8 Å². The Labute approximate surface area is 111 Å². The van der Waals surface area contributed by atoms with E-state index in [-0.39, 0.29) is 24.2 Å². The van der Waals surface area contributed by atoms with Gasteiger partial charge in [-0.2, -0.15) is 0 Å². The normalized spacial score (nSPS) is 23.4. The molecule has 0 aromatic heterocycles. The molecule has 1 aliphatic heterocycles. The lowest BCUT2D eigenvalue weighted by atomic mass is 9.87. The molecule has 3 nitrogen and oxygen atoms in total. The van der Waals surface area contributed by atoms with Crippen molar-refractivity contribution < 1.29 is 4.79 Å². The molecule has 1 saturated carbocycles. The molecule has 1 amide bonds. The number of nitrogens with one attached hydrogen (secondary N) is 2. The molecule has 2 N–H and O–H groups in total. The predicted molar refractivity (Wildman–Crippen MR) is 72.4 cm³/mol. The summed E-state index contributed by atoms with van der Waals surface area (Å²) in [4.78, 5) is 11.9. The molecule has 0 aromatic carbocycles. The zero-order valence-corrected chi connectivity index (χ0v) is 11.5. The summed E-state index contributed by atoms with van der Waals surface area (Å²) < 4.78 is 0. The van der Waals surface area contributed by atoms with Gasteiger partial charge in [0, 0.05) is 12.5 Å². The van der Waals surface area contributed by atoms with E-state index in [0.717, 1.165) is 25.6 Å². The molecule has 1 heterocycles. The van der Waals surface area contributed by atoms with Crippen LogP contribution in [0.4, 0.5) is 0 Å². The van der Waals surface area contributed by atoms with Crippen LogP contribution in [0.5, 0.6) is 0 Å². The fourth-order valence-electron chi connectivity index (χ4n) is 2.68. The summed E-state index contributed by atoms with van der Waals surface area (Å²) in [5, 5.41) is 6.36. The van der Waals surface area contributed by atoms with Crippen molar-refractivity contribution in [2.24, 2.45) is 17.8 Å². The minimum absolute atomic E-state index is 0. The highest BCUT2D eigenvalue weighted by atomic mass is 35.5. The highest BCUT2D eigenvalue weighted by Crippen LogP contribution is 2.23. The number of hydrogen-bond acceptors (Lipinski definition) is 2. The van der Waals surface area contributed by atoms with Crippen LogP contribution >= 0.6 is 12.4 Å². The van der Waals surface area contributed by atoms with Crippen molar-refractivity contribution in [1.29, 1.82) is 0 Å². The SMILES string of the molecule is CC(C(=O)NCC1CCCCC1)C1CNC1.Cl. The molecular formula is C13H25ClN2O. The largest absolute Gasteiger partial charge is 0.356 e.